The summed E-state index contributed by atoms with van der Waals surface area (Å²) < 4.78 is 37.7. The average Bonchev–Trinajstić information content (AvgIpc) is 3.70. The van der Waals surface area contributed by atoms with Crippen molar-refractivity contribution in [3.63, 3.8) is 0 Å². The van der Waals surface area contributed by atoms with E-state index < -0.39 is 0 Å². The summed E-state index contributed by atoms with van der Waals surface area (Å²) in [6.07, 6.45) is 7.23. The summed E-state index contributed by atoms with van der Waals surface area (Å²) in [6, 6.07) is 18.4. The number of nitrogens with zero attached hydrogens (tertiary/aromatic N) is 2. The minimum absolute atomic E-state index is 0.122. The number of methoxy groups -OCH3 is 4. The molecule has 0 unspecified atom stereocenters. The lowest BCUT2D eigenvalue weighted by molar-refractivity contribution is 0.220. The lowest BCUT2D eigenvalue weighted by Crippen LogP contribution is -2.37. The summed E-state index contributed by atoms with van der Waals surface area (Å²) in [5.74, 6) is 4.76. The first-order valence-electron chi connectivity index (χ1n) is 19.4. The standard InChI is InChI=1S/C44H52N4O7/c1-47-17-15-27-21-36(50-3)39-24-32(27)34(47)19-26-11-13-31(14-12-26)54-38-23-29(33(25-37(38)51-4)46-44(49)45-30-9-7-8-10-30)20-35-41-28(16-18-48(35)2)22-40(52-5)42(53-6)43(41)55-39/h11-14,21-25,30,34-35H,7-10,15-20H2,1-6H3,(H2,45,46,49)/t34-,35-/m0/s1. The van der Waals surface area contributed by atoms with Crippen molar-refractivity contribution in [2.45, 2.75) is 69.5 Å². The molecule has 9 rings (SSSR count). The highest BCUT2D eigenvalue weighted by atomic mass is 16.5. The number of hydrogen-bond acceptors (Lipinski definition) is 9. The molecule has 0 radical (unpaired) electrons. The Morgan fingerprint density at radius 2 is 1.36 bits per heavy atom. The van der Waals surface area contributed by atoms with Gasteiger partial charge in [-0.05, 0) is 117 Å². The lowest BCUT2D eigenvalue weighted by Gasteiger charge is -2.37. The number of benzene rings is 4. The molecule has 11 heteroatoms. The van der Waals surface area contributed by atoms with E-state index in [0.29, 0.717) is 58.1 Å². The number of fused-ring (bicyclic) bond motifs is 2. The molecule has 0 spiro atoms. The molecule has 4 aromatic carbocycles. The van der Waals surface area contributed by atoms with Crippen LogP contribution in [0.1, 0.15) is 71.1 Å². The van der Waals surface area contributed by atoms with Gasteiger partial charge in [0.1, 0.15) is 5.75 Å². The maximum absolute atomic E-state index is 13.5. The third-order valence-corrected chi connectivity index (χ3v) is 11.9. The number of amides is 2. The van der Waals surface area contributed by atoms with Gasteiger partial charge in [0.05, 0.1) is 28.4 Å². The van der Waals surface area contributed by atoms with Crippen LogP contribution in [-0.2, 0) is 25.7 Å². The van der Waals surface area contributed by atoms with Gasteiger partial charge in [0, 0.05) is 48.5 Å². The van der Waals surface area contributed by atoms with Crippen LogP contribution in [0.3, 0.4) is 0 Å². The number of anilines is 1. The number of likely N-dealkylation sites (N-methyl/N-ethyl adjacent to an activating group) is 2. The Balaban J connectivity index is 1.32. The Labute approximate surface area is 323 Å². The summed E-state index contributed by atoms with van der Waals surface area (Å²) in [6.45, 7) is 1.74. The van der Waals surface area contributed by atoms with Crippen LogP contribution < -0.4 is 39.1 Å². The highest BCUT2D eigenvalue weighted by Crippen LogP contribution is 2.52. The number of rotatable bonds is 6. The van der Waals surface area contributed by atoms with E-state index in [1.807, 2.05) is 24.3 Å². The van der Waals surface area contributed by atoms with Crippen molar-refractivity contribution in [3.05, 3.63) is 88.0 Å². The van der Waals surface area contributed by atoms with Gasteiger partial charge < -0.3 is 39.1 Å². The Morgan fingerprint density at radius 3 is 2.07 bits per heavy atom. The van der Waals surface area contributed by atoms with Gasteiger partial charge in [0.15, 0.2) is 34.5 Å². The number of carbonyl (C=O) groups excluding carboxylic acids is 1. The highest BCUT2D eigenvalue weighted by molar-refractivity contribution is 5.91. The van der Waals surface area contributed by atoms with Gasteiger partial charge in [-0.2, -0.15) is 0 Å². The molecular formula is C44H52N4O7. The second-order valence-corrected chi connectivity index (χ2v) is 15.2. The molecule has 2 atom stereocenters. The molecule has 5 aliphatic rings. The number of carbonyl (C=O) groups is 1. The molecule has 11 nitrogen and oxygen atoms in total. The molecule has 1 saturated carbocycles. The van der Waals surface area contributed by atoms with Crippen molar-refractivity contribution in [3.8, 4) is 46.0 Å². The third kappa shape index (κ3) is 7.23. The normalized spacial score (nSPS) is 19.6. The average molecular weight is 749 g/mol. The van der Waals surface area contributed by atoms with Crippen LogP contribution in [0.4, 0.5) is 10.5 Å². The molecule has 1 aliphatic carbocycles. The first-order valence-corrected chi connectivity index (χ1v) is 19.4. The molecule has 2 amide bonds. The van der Waals surface area contributed by atoms with E-state index in [1.54, 1.807) is 28.4 Å². The van der Waals surface area contributed by atoms with Crippen molar-refractivity contribution in [1.82, 2.24) is 15.1 Å². The smallest absolute Gasteiger partial charge is 0.319 e. The van der Waals surface area contributed by atoms with Crippen LogP contribution >= 0.6 is 0 Å². The zero-order chi connectivity index (χ0) is 38.2. The molecule has 4 aliphatic heterocycles. The zero-order valence-electron chi connectivity index (χ0n) is 32.8. The van der Waals surface area contributed by atoms with E-state index in [9.17, 15) is 4.79 Å². The molecule has 0 saturated heterocycles. The second-order valence-electron chi connectivity index (χ2n) is 15.2. The molecule has 6 bridgehead atoms. The van der Waals surface area contributed by atoms with Crippen molar-refractivity contribution in [1.29, 1.82) is 0 Å². The number of hydrogen-bond donors (Lipinski definition) is 2. The number of urea groups is 1. The molecular weight excluding hydrogens is 697 g/mol. The molecule has 4 aromatic rings. The maximum atomic E-state index is 13.5. The predicted octanol–water partition coefficient (Wildman–Crippen LogP) is 8.23. The topological polar surface area (TPSA) is 103 Å². The van der Waals surface area contributed by atoms with E-state index in [2.05, 4.69) is 64.9 Å². The maximum Gasteiger partial charge on any atom is 0.319 e. The Bertz CT molecular complexity index is 2060. The summed E-state index contributed by atoms with van der Waals surface area (Å²) >= 11 is 0. The highest BCUT2D eigenvalue weighted by Gasteiger charge is 2.35. The van der Waals surface area contributed by atoms with Crippen LogP contribution in [-0.4, -0.2) is 77.5 Å². The van der Waals surface area contributed by atoms with Crippen LogP contribution in [0.2, 0.25) is 0 Å². The molecule has 290 valence electrons. The number of nitrogens with one attached hydrogen (secondary N) is 2. The largest absolute Gasteiger partial charge is 0.493 e. The Kier molecular flexibility index (Phi) is 10.4. The second kappa shape index (κ2) is 15.5. The summed E-state index contributed by atoms with van der Waals surface area (Å²) in [5, 5.41) is 6.37. The summed E-state index contributed by atoms with van der Waals surface area (Å²) in [7, 11) is 10.9. The molecule has 4 heterocycles. The monoisotopic (exact) mass is 748 g/mol. The molecule has 55 heavy (non-hydrogen) atoms. The van der Waals surface area contributed by atoms with Gasteiger partial charge in [-0.1, -0.05) is 25.0 Å². The Morgan fingerprint density at radius 1 is 0.709 bits per heavy atom. The molecule has 2 N–H and O–H groups in total. The lowest BCUT2D eigenvalue weighted by atomic mass is 9.86. The minimum Gasteiger partial charge on any atom is -0.493 e. The Hall–Kier alpha value is -5.13. The van der Waals surface area contributed by atoms with E-state index in [0.717, 1.165) is 74.7 Å². The molecule has 1 fully saturated rings. The van der Waals surface area contributed by atoms with E-state index in [4.69, 9.17) is 28.4 Å². The quantitative estimate of drug-likeness (QED) is 0.202. The van der Waals surface area contributed by atoms with Crippen LogP contribution in [0.5, 0.6) is 46.0 Å². The fourth-order valence-electron chi connectivity index (χ4n) is 8.87. The van der Waals surface area contributed by atoms with E-state index >= 15 is 0 Å². The van der Waals surface area contributed by atoms with Gasteiger partial charge in [-0.15, -0.1) is 0 Å². The summed E-state index contributed by atoms with van der Waals surface area (Å²) in [5.41, 5.74) is 7.29. The fraction of sp³-hybridized carbons (Fsp3) is 0.432. The SMILES string of the molecule is COc1cc(NC(=O)NC2CCCC2)c2cc1Oc1ccc(cc1)C[C@H]1c3cc(c(OC)cc3CCN1C)Oc1c(OC)c(OC)cc3c1[C@H](C2)N(C)CC3. The predicted molar refractivity (Wildman–Crippen MR) is 212 cm³/mol. The number of ether oxygens (including phenoxy) is 6. The molecule has 0 aromatic heterocycles. The van der Waals surface area contributed by atoms with Crippen molar-refractivity contribution >= 4 is 11.7 Å². The van der Waals surface area contributed by atoms with E-state index in [-0.39, 0.29) is 24.2 Å². The van der Waals surface area contributed by atoms with Gasteiger partial charge in [-0.3, -0.25) is 9.80 Å². The first-order chi connectivity index (χ1) is 26.8. The van der Waals surface area contributed by atoms with Gasteiger partial charge in [0.2, 0.25) is 5.75 Å². The van der Waals surface area contributed by atoms with Gasteiger partial charge in [-0.25, -0.2) is 4.79 Å². The van der Waals surface area contributed by atoms with Crippen molar-refractivity contribution in [2.24, 2.45) is 0 Å². The summed E-state index contributed by atoms with van der Waals surface area (Å²) in [4.78, 5) is 18.3. The van der Waals surface area contributed by atoms with Crippen molar-refractivity contribution in [2.75, 3.05) is 60.9 Å². The van der Waals surface area contributed by atoms with Crippen LogP contribution in [0.25, 0.3) is 0 Å². The van der Waals surface area contributed by atoms with Crippen LogP contribution in [0.15, 0.2) is 54.6 Å². The minimum atomic E-state index is -0.231. The van der Waals surface area contributed by atoms with Crippen LogP contribution in [0, 0.1) is 0 Å². The first kappa shape index (κ1) is 36.8. The van der Waals surface area contributed by atoms with E-state index in [1.165, 1.54) is 16.7 Å². The van der Waals surface area contributed by atoms with Crippen molar-refractivity contribution < 1.29 is 33.2 Å². The van der Waals surface area contributed by atoms with Gasteiger partial charge >= 0.3 is 6.03 Å². The van der Waals surface area contributed by atoms with Gasteiger partial charge in [0.25, 0.3) is 0 Å². The zero-order valence-corrected chi connectivity index (χ0v) is 32.8. The fourth-order valence-corrected chi connectivity index (χ4v) is 8.87. The third-order valence-electron chi connectivity index (χ3n) is 11.9.